The molecule has 0 spiro atoms. The fourth-order valence-electron chi connectivity index (χ4n) is 1.77. The van der Waals surface area contributed by atoms with E-state index in [2.05, 4.69) is 25.8 Å². The Bertz CT molecular complexity index is 445. The quantitative estimate of drug-likeness (QED) is 0.811. The Labute approximate surface area is 114 Å². The molecule has 106 valence electrons. The van der Waals surface area contributed by atoms with Crippen molar-refractivity contribution in [1.29, 1.82) is 0 Å². The second-order valence-corrected chi connectivity index (χ2v) is 4.85. The van der Waals surface area contributed by atoms with Gasteiger partial charge in [0.05, 0.1) is 16.9 Å². The number of rotatable bonds is 6. The predicted octanol–water partition coefficient (Wildman–Crippen LogP) is 1.32. The zero-order valence-corrected chi connectivity index (χ0v) is 12.4. The third-order valence-electron chi connectivity index (χ3n) is 2.92. The number of likely N-dealkylation sites (N-methyl/N-ethyl adjacent to an activating group) is 1. The molecule has 1 heterocycles. The van der Waals surface area contributed by atoms with Crippen molar-refractivity contribution in [3.05, 3.63) is 11.4 Å². The summed E-state index contributed by atoms with van der Waals surface area (Å²) >= 11 is 0. The van der Waals surface area contributed by atoms with Crippen LogP contribution in [0.25, 0.3) is 0 Å². The molecule has 0 unspecified atom stereocenters. The molecule has 0 aliphatic rings. The predicted molar refractivity (Wildman–Crippen MR) is 75.0 cm³/mol. The van der Waals surface area contributed by atoms with E-state index in [9.17, 15) is 4.79 Å². The molecular formula is C13H23N5O. The summed E-state index contributed by atoms with van der Waals surface area (Å²) in [6, 6.07) is 0. The lowest BCUT2D eigenvalue weighted by atomic mass is 10.1. The Morgan fingerprint density at radius 2 is 1.74 bits per heavy atom. The van der Waals surface area contributed by atoms with Gasteiger partial charge in [0.2, 0.25) is 11.9 Å². The third kappa shape index (κ3) is 3.96. The zero-order chi connectivity index (χ0) is 14.5. The summed E-state index contributed by atoms with van der Waals surface area (Å²) in [6.45, 7) is 10.3. The number of hydrogen-bond acceptors (Lipinski definition) is 5. The van der Waals surface area contributed by atoms with Crippen LogP contribution >= 0.6 is 0 Å². The Balaban J connectivity index is 2.85. The molecule has 1 rings (SSSR count). The highest BCUT2D eigenvalue weighted by Gasteiger charge is 2.27. The van der Waals surface area contributed by atoms with Crippen molar-refractivity contribution in [2.75, 3.05) is 11.9 Å². The summed E-state index contributed by atoms with van der Waals surface area (Å²) in [6.07, 6.45) is 1.57. The van der Waals surface area contributed by atoms with Gasteiger partial charge in [-0.25, -0.2) is 4.98 Å². The van der Waals surface area contributed by atoms with Crippen molar-refractivity contribution >= 4 is 11.9 Å². The number of carbonyl (C=O) groups is 1. The molecule has 0 aliphatic carbocycles. The van der Waals surface area contributed by atoms with Crippen molar-refractivity contribution in [2.24, 2.45) is 0 Å². The lowest BCUT2D eigenvalue weighted by Crippen LogP contribution is -2.49. The molecule has 1 aromatic rings. The first-order chi connectivity index (χ1) is 8.94. The highest BCUT2D eigenvalue weighted by atomic mass is 16.2. The first kappa shape index (κ1) is 15.5. The second kappa shape index (κ2) is 6.56. The maximum absolute atomic E-state index is 12.1. The van der Waals surface area contributed by atoms with Crippen LogP contribution in [0.15, 0.2) is 0 Å². The van der Waals surface area contributed by atoms with E-state index in [1.807, 2.05) is 34.6 Å². The van der Waals surface area contributed by atoms with Gasteiger partial charge in [0, 0.05) is 0 Å². The van der Waals surface area contributed by atoms with Gasteiger partial charge in [-0.05, 0) is 33.2 Å². The van der Waals surface area contributed by atoms with Crippen molar-refractivity contribution in [2.45, 2.75) is 53.0 Å². The number of carbonyl (C=O) groups excluding carboxylic acids is 1. The molecule has 0 fully saturated rings. The molecule has 0 aromatic carbocycles. The summed E-state index contributed by atoms with van der Waals surface area (Å²) in [5.74, 6) is 0.104. The number of aromatic nitrogens is 3. The fourth-order valence-corrected chi connectivity index (χ4v) is 1.77. The highest BCUT2D eigenvalue weighted by molar-refractivity contribution is 5.96. The fraction of sp³-hybridized carbons (Fsp3) is 0.692. The molecule has 6 nitrogen and oxygen atoms in total. The average molecular weight is 265 g/mol. The van der Waals surface area contributed by atoms with Gasteiger partial charge >= 0.3 is 0 Å². The molecule has 0 saturated carbocycles. The summed E-state index contributed by atoms with van der Waals surface area (Å²) in [5.41, 5.74) is 1.11. The van der Waals surface area contributed by atoms with E-state index >= 15 is 0 Å². The van der Waals surface area contributed by atoms with Gasteiger partial charge in [0.15, 0.2) is 0 Å². The second-order valence-electron chi connectivity index (χ2n) is 4.85. The number of nitrogens with zero attached hydrogens (tertiary/aromatic N) is 3. The van der Waals surface area contributed by atoms with Crippen molar-refractivity contribution in [1.82, 2.24) is 20.5 Å². The van der Waals surface area contributed by atoms with Crippen LogP contribution in [0.4, 0.5) is 5.95 Å². The topological polar surface area (TPSA) is 79.8 Å². The number of anilines is 1. The van der Waals surface area contributed by atoms with Gasteiger partial charge in [-0.15, -0.1) is 10.2 Å². The molecule has 0 aliphatic heterocycles. The zero-order valence-electron chi connectivity index (χ0n) is 12.4. The number of aryl methyl sites for hydroxylation is 2. The molecule has 0 bridgehead atoms. The van der Waals surface area contributed by atoms with Gasteiger partial charge in [-0.3, -0.25) is 10.1 Å². The lowest BCUT2D eigenvalue weighted by molar-refractivity contribution is -0.121. The van der Waals surface area contributed by atoms with Crippen LogP contribution in [0.2, 0.25) is 0 Å². The maximum Gasteiger partial charge on any atom is 0.249 e. The van der Waals surface area contributed by atoms with Crippen molar-refractivity contribution < 1.29 is 4.79 Å². The number of nitrogens with one attached hydrogen (secondary N) is 2. The van der Waals surface area contributed by atoms with Crippen LogP contribution in [0.3, 0.4) is 0 Å². The van der Waals surface area contributed by atoms with Crippen LogP contribution in [0.1, 0.15) is 46.0 Å². The molecule has 1 aromatic heterocycles. The number of amides is 1. The summed E-state index contributed by atoms with van der Waals surface area (Å²) in [7, 11) is 0. The summed E-state index contributed by atoms with van der Waals surface area (Å²) in [5, 5.41) is 13.9. The first-order valence-electron chi connectivity index (χ1n) is 6.73. The Morgan fingerprint density at radius 1 is 1.11 bits per heavy atom. The molecule has 0 radical (unpaired) electrons. The Kier molecular flexibility index (Phi) is 5.35. The normalized spacial score (nSPS) is 11.4. The van der Waals surface area contributed by atoms with Crippen LogP contribution in [-0.4, -0.2) is 33.2 Å². The Morgan fingerprint density at radius 3 is 2.26 bits per heavy atom. The van der Waals surface area contributed by atoms with E-state index in [-0.39, 0.29) is 11.9 Å². The molecular weight excluding hydrogens is 242 g/mol. The van der Waals surface area contributed by atoms with E-state index in [1.54, 1.807) is 0 Å². The van der Waals surface area contributed by atoms with Crippen LogP contribution in [-0.2, 0) is 17.6 Å². The minimum Gasteiger partial charge on any atom is -0.304 e. The smallest absolute Gasteiger partial charge is 0.249 e. The standard InChI is InChI=1S/C13H23N5O/c1-6-9-10(7-2)17-18-12(15-9)16-11(19)13(4,5)14-8-3/h14H,6-8H2,1-5H3,(H,15,16,18,19). The molecule has 1 amide bonds. The van der Waals surface area contributed by atoms with Crippen LogP contribution in [0.5, 0.6) is 0 Å². The molecule has 6 heteroatoms. The molecule has 0 saturated heterocycles. The van der Waals surface area contributed by atoms with E-state index in [4.69, 9.17) is 0 Å². The van der Waals surface area contributed by atoms with Gasteiger partial charge in [0.1, 0.15) is 0 Å². The molecule has 2 N–H and O–H groups in total. The minimum atomic E-state index is -0.659. The summed E-state index contributed by atoms with van der Waals surface area (Å²) in [4.78, 5) is 16.4. The van der Waals surface area contributed by atoms with Crippen LogP contribution in [0, 0.1) is 0 Å². The molecule has 19 heavy (non-hydrogen) atoms. The van der Waals surface area contributed by atoms with E-state index in [1.165, 1.54) is 0 Å². The SMILES string of the molecule is CCNC(C)(C)C(=O)Nc1nnc(CC)c(CC)n1. The van der Waals surface area contributed by atoms with Gasteiger partial charge < -0.3 is 5.32 Å². The minimum absolute atomic E-state index is 0.164. The van der Waals surface area contributed by atoms with Crippen molar-refractivity contribution in [3.8, 4) is 0 Å². The van der Waals surface area contributed by atoms with Crippen molar-refractivity contribution in [3.63, 3.8) is 0 Å². The first-order valence-corrected chi connectivity index (χ1v) is 6.73. The van der Waals surface area contributed by atoms with Gasteiger partial charge in [-0.2, -0.15) is 0 Å². The van der Waals surface area contributed by atoms with Crippen LogP contribution < -0.4 is 10.6 Å². The van der Waals surface area contributed by atoms with Gasteiger partial charge in [-0.1, -0.05) is 20.8 Å². The monoisotopic (exact) mass is 265 g/mol. The molecule has 0 atom stereocenters. The van der Waals surface area contributed by atoms with E-state index < -0.39 is 5.54 Å². The lowest BCUT2D eigenvalue weighted by Gasteiger charge is -2.23. The number of hydrogen-bond donors (Lipinski definition) is 2. The third-order valence-corrected chi connectivity index (χ3v) is 2.92. The highest BCUT2D eigenvalue weighted by Crippen LogP contribution is 2.09. The maximum atomic E-state index is 12.1. The van der Waals surface area contributed by atoms with E-state index in [0.717, 1.165) is 24.2 Å². The average Bonchev–Trinajstić information content (AvgIpc) is 2.38. The largest absolute Gasteiger partial charge is 0.304 e. The Hall–Kier alpha value is -1.56. The van der Waals surface area contributed by atoms with Gasteiger partial charge in [0.25, 0.3) is 0 Å². The summed E-state index contributed by atoms with van der Waals surface area (Å²) < 4.78 is 0. The van der Waals surface area contributed by atoms with E-state index in [0.29, 0.717) is 6.54 Å².